The molecule has 3 aromatic rings. The number of anilines is 1. The van der Waals surface area contributed by atoms with Crippen LogP contribution in [0.3, 0.4) is 0 Å². The first-order valence-corrected chi connectivity index (χ1v) is 18.9. The van der Waals surface area contributed by atoms with Crippen LogP contribution in [0.1, 0.15) is 96.4 Å². The van der Waals surface area contributed by atoms with Crippen molar-refractivity contribution in [1.82, 2.24) is 20.5 Å². The predicted molar refractivity (Wildman–Crippen MR) is 202 cm³/mol. The van der Waals surface area contributed by atoms with Gasteiger partial charge in [-0.25, -0.2) is 4.98 Å². The number of carbonyl (C=O) groups excluding carboxylic acids is 5. The minimum absolute atomic E-state index is 0.0689. The van der Waals surface area contributed by atoms with Crippen molar-refractivity contribution in [3.05, 3.63) is 82.0 Å². The maximum Gasteiger partial charge on any atom is 0.262 e. The van der Waals surface area contributed by atoms with Crippen LogP contribution in [0.5, 0.6) is 11.5 Å². The summed E-state index contributed by atoms with van der Waals surface area (Å²) in [5.41, 5.74) is 0.541. The number of halogens is 1. The maximum absolute atomic E-state index is 13.3. The van der Waals surface area contributed by atoms with E-state index in [1.165, 1.54) is 0 Å². The molecular formula is C41H43ClN6O7. The number of amides is 5. The van der Waals surface area contributed by atoms with E-state index in [-0.39, 0.29) is 52.9 Å². The Morgan fingerprint density at radius 2 is 1.71 bits per heavy atom. The summed E-state index contributed by atoms with van der Waals surface area (Å²) in [6, 6.07) is 14.4. The highest BCUT2D eigenvalue weighted by molar-refractivity contribution is 6.31. The standard InChI is InChI=1S/C41H43ClN6O7/c1-40(2)38(41(3,4)39(40)55-27-10-8-24(19-43)30(42)18-27)46-34(50)25-9-14-32(44-20-25)47-21-23(22-47)7-5-6-16-54-26-11-12-28-29(17-26)37(53)48(36(28)52)31-13-15-33(49)45-35(31)51/h8-12,14,17-18,20,23,31,38-39H,5-7,13,15-16,21-22H2,1-4H3,(H,46,50)(H,45,49,51)/t31?,38-,39-. The Morgan fingerprint density at radius 3 is 2.38 bits per heavy atom. The molecule has 1 unspecified atom stereocenters. The second-order valence-corrected chi connectivity index (χ2v) is 16.4. The number of aromatic nitrogens is 1. The van der Waals surface area contributed by atoms with Gasteiger partial charge in [0, 0.05) is 48.6 Å². The molecule has 7 rings (SSSR count). The lowest BCUT2D eigenvalue weighted by Crippen LogP contribution is -2.74. The molecule has 2 aromatic carbocycles. The number of ether oxygens (including phenoxy) is 2. The van der Waals surface area contributed by atoms with Crippen molar-refractivity contribution in [1.29, 1.82) is 5.26 Å². The van der Waals surface area contributed by atoms with E-state index in [0.29, 0.717) is 40.2 Å². The third kappa shape index (κ3) is 7.11. The first-order chi connectivity index (χ1) is 26.2. The molecule has 0 radical (unpaired) electrons. The molecule has 4 heterocycles. The number of piperidine rings is 1. The van der Waals surface area contributed by atoms with E-state index in [0.717, 1.165) is 43.1 Å². The molecule has 2 saturated heterocycles. The Hall–Kier alpha value is -5.48. The van der Waals surface area contributed by atoms with Gasteiger partial charge in [0.25, 0.3) is 17.7 Å². The first-order valence-electron chi connectivity index (χ1n) is 18.6. The molecule has 0 spiro atoms. The molecule has 3 fully saturated rings. The van der Waals surface area contributed by atoms with Gasteiger partial charge in [-0.05, 0) is 74.1 Å². The van der Waals surface area contributed by atoms with Crippen LogP contribution in [-0.4, -0.2) is 77.3 Å². The fourth-order valence-corrected chi connectivity index (χ4v) is 8.93. The lowest BCUT2D eigenvalue weighted by Gasteiger charge is -2.63. The summed E-state index contributed by atoms with van der Waals surface area (Å²) in [6.07, 6.45) is 4.39. The monoisotopic (exact) mass is 766 g/mol. The number of benzene rings is 2. The number of imide groups is 2. The van der Waals surface area contributed by atoms with E-state index >= 15 is 0 Å². The topological polar surface area (TPSA) is 171 Å². The highest BCUT2D eigenvalue weighted by Crippen LogP contribution is 2.55. The third-order valence-electron chi connectivity index (χ3n) is 11.4. The number of unbranched alkanes of at least 4 members (excludes halogenated alkanes) is 1. The van der Waals surface area contributed by atoms with E-state index in [2.05, 4.69) is 54.3 Å². The average Bonchev–Trinajstić information content (AvgIpc) is 3.38. The summed E-state index contributed by atoms with van der Waals surface area (Å²) in [6.45, 7) is 10.5. The van der Waals surface area contributed by atoms with Crippen molar-refractivity contribution in [3.8, 4) is 17.6 Å². The van der Waals surface area contributed by atoms with E-state index < -0.39 is 29.7 Å². The number of nitriles is 1. The second kappa shape index (κ2) is 14.6. The van der Waals surface area contributed by atoms with Crippen LogP contribution in [-0.2, 0) is 9.59 Å². The molecule has 0 bridgehead atoms. The zero-order chi connectivity index (χ0) is 39.2. The van der Waals surface area contributed by atoms with Crippen molar-refractivity contribution in [2.75, 3.05) is 24.6 Å². The molecule has 13 nitrogen and oxygen atoms in total. The van der Waals surface area contributed by atoms with Crippen LogP contribution >= 0.6 is 11.6 Å². The zero-order valence-corrected chi connectivity index (χ0v) is 31.9. The largest absolute Gasteiger partial charge is 0.494 e. The van der Waals surface area contributed by atoms with Gasteiger partial charge < -0.3 is 19.7 Å². The van der Waals surface area contributed by atoms with Gasteiger partial charge in [0.1, 0.15) is 35.5 Å². The smallest absolute Gasteiger partial charge is 0.262 e. The van der Waals surface area contributed by atoms with E-state index in [9.17, 15) is 29.2 Å². The van der Waals surface area contributed by atoms with E-state index in [1.54, 1.807) is 42.6 Å². The average molecular weight is 767 g/mol. The Balaban J connectivity index is 0.827. The molecule has 55 heavy (non-hydrogen) atoms. The van der Waals surface area contributed by atoms with E-state index in [1.807, 2.05) is 12.1 Å². The number of nitrogens with one attached hydrogen (secondary N) is 2. The molecule has 2 N–H and O–H groups in total. The molecule has 5 amide bonds. The van der Waals surface area contributed by atoms with Crippen LogP contribution < -0.4 is 25.0 Å². The van der Waals surface area contributed by atoms with Crippen LogP contribution in [0.25, 0.3) is 0 Å². The van der Waals surface area contributed by atoms with Gasteiger partial charge in [-0.3, -0.25) is 34.2 Å². The molecule has 4 aliphatic rings. The first kappa shape index (κ1) is 37.8. The van der Waals surface area contributed by atoms with Gasteiger partial charge >= 0.3 is 0 Å². The van der Waals surface area contributed by atoms with Gasteiger partial charge in [0.05, 0.1) is 33.9 Å². The van der Waals surface area contributed by atoms with Crippen molar-refractivity contribution in [2.24, 2.45) is 16.7 Å². The summed E-state index contributed by atoms with van der Waals surface area (Å²) >= 11 is 6.22. The minimum Gasteiger partial charge on any atom is -0.494 e. The molecule has 14 heteroatoms. The van der Waals surface area contributed by atoms with Crippen LogP contribution in [0.4, 0.5) is 5.82 Å². The Kier molecular flexibility index (Phi) is 10.1. The summed E-state index contributed by atoms with van der Waals surface area (Å²) in [5.74, 6) is 0.0615. The highest BCUT2D eigenvalue weighted by atomic mass is 35.5. The maximum atomic E-state index is 13.3. The summed E-state index contributed by atoms with van der Waals surface area (Å²) in [5, 5.41) is 14.9. The normalized spacial score (nSPS) is 22.6. The Labute approximate surface area is 324 Å². The predicted octanol–water partition coefficient (Wildman–Crippen LogP) is 5.31. The lowest BCUT2D eigenvalue weighted by atomic mass is 9.49. The zero-order valence-electron chi connectivity index (χ0n) is 31.2. The number of rotatable bonds is 12. The number of carbonyl (C=O) groups is 5. The van der Waals surface area contributed by atoms with Crippen molar-refractivity contribution in [3.63, 3.8) is 0 Å². The Bertz CT molecular complexity index is 2090. The summed E-state index contributed by atoms with van der Waals surface area (Å²) < 4.78 is 12.2. The van der Waals surface area contributed by atoms with Gasteiger partial charge in [-0.2, -0.15) is 5.26 Å². The van der Waals surface area contributed by atoms with Crippen LogP contribution in [0.2, 0.25) is 5.02 Å². The summed E-state index contributed by atoms with van der Waals surface area (Å²) in [7, 11) is 0. The molecule has 1 aromatic heterocycles. The second-order valence-electron chi connectivity index (χ2n) is 16.0. The number of hydrogen-bond donors (Lipinski definition) is 2. The molecule has 286 valence electrons. The third-order valence-corrected chi connectivity index (χ3v) is 11.7. The molecule has 1 atom stereocenters. The van der Waals surface area contributed by atoms with Crippen LogP contribution in [0, 0.1) is 28.1 Å². The van der Waals surface area contributed by atoms with Crippen molar-refractivity contribution < 1.29 is 33.4 Å². The fraction of sp³-hybridized carbons (Fsp3) is 0.439. The van der Waals surface area contributed by atoms with Crippen molar-refractivity contribution in [2.45, 2.75) is 78.0 Å². The van der Waals surface area contributed by atoms with E-state index in [4.69, 9.17) is 21.1 Å². The molecular weight excluding hydrogens is 724 g/mol. The summed E-state index contributed by atoms with van der Waals surface area (Å²) in [4.78, 5) is 70.9. The van der Waals surface area contributed by atoms with Gasteiger partial charge in [-0.1, -0.05) is 39.3 Å². The molecule has 3 aliphatic heterocycles. The minimum atomic E-state index is -1.00. The van der Waals surface area contributed by atoms with Gasteiger partial charge in [-0.15, -0.1) is 0 Å². The lowest BCUT2D eigenvalue weighted by molar-refractivity contribution is -0.164. The Morgan fingerprint density at radius 1 is 0.982 bits per heavy atom. The number of nitrogens with zero attached hydrogens (tertiary/aromatic N) is 4. The van der Waals surface area contributed by atoms with Gasteiger partial charge in [0.2, 0.25) is 11.8 Å². The number of fused-ring (bicyclic) bond motifs is 1. The van der Waals surface area contributed by atoms with Crippen LogP contribution in [0.15, 0.2) is 54.7 Å². The fourth-order valence-electron chi connectivity index (χ4n) is 8.72. The SMILES string of the molecule is CC1(C)[C@H](NC(=O)c2ccc(N3CC(CCCCOc4ccc5c(c4)C(=O)N(C4CCC(=O)NC4=O)C5=O)C3)nc2)C(C)(C)[C@H]1Oc1ccc(C#N)c(Cl)c1. The molecule has 1 aliphatic carbocycles. The number of pyridine rings is 1. The number of hydrogen-bond acceptors (Lipinski definition) is 10. The quantitative estimate of drug-likeness (QED) is 0.182. The molecule has 1 saturated carbocycles. The highest BCUT2D eigenvalue weighted by Gasteiger charge is 2.64. The van der Waals surface area contributed by atoms with Gasteiger partial charge in [0.15, 0.2) is 0 Å². The van der Waals surface area contributed by atoms with Crippen molar-refractivity contribution >= 4 is 47.0 Å².